The number of fused-ring (bicyclic) bond motifs is 2. The van der Waals surface area contributed by atoms with Gasteiger partial charge in [-0.1, -0.05) is 43.3 Å². The molecule has 3 heteroatoms. The minimum absolute atomic E-state index is 0.989. The van der Waals surface area contributed by atoms with Gasteiger partial charge in [0, 0.05) is 22.9 Å². The molecule has 0 N–H and O–H groups in total. The summed E-state index contributed by atoms with van der Waals surface area (Å²) in [4.78, 5) is 6.02. The molecular weight excluding hydrogens is 288 g/mol. The molecule has 2 aromatic heterocycles. The average molecular weight is 304 g/mol. The molecule has 2 aromatic carbocycles. The van der Waals surface area contributed by atoms with Crippen molar-refractivity contribution in [2.45, 2.75) is 11.8 Å². The van der Waals surface area contributed by atoms with Crippen LogP contribution in [0.15, 0.2) is 71.9 Å². The van der Waals surface area contributed by atoms with Crippen LogP contribution >= 0.6 is 11.8 Å². The molecule has 0 saturated heterocycles. The van der Waals surface area contributed by atoms with Gasteiger partial charge in [0.15, 0.2) is 0 Å². The summed E-state index contributed by atoms with van der Waals surface area (Å²) in [5.74, 6) is 1.08. The second kappa shape index (κ2) is 5.50. The Kier molecular flexibility index (Phi) is 3.35. The summed E-state index contributed by atoms with van der Waals surface area (Å²) in [6.07, 6.45) is 4.26. The first-order valence-electron chi connectivity index (χ1n) is 7.44. The summed E-state index contributed by atoms with van der Waals surface area (Å²) in [6.45, 7) is 2.17. The molecule has 4 aromatic rings. The summed E-state index contributed by atoms with van der Waals surface area (Å²) >= 11 is 1.85. The first-order chi connectivity index (χ1) is 10.8. The molecule has 0 spiro atoms. The molecule has 2 heterocycles. The van der Waals surface area contributed by atoms with Gasteiger partial charge in [-0.3, -0.25) is 0 Å². The van der Waals surface area contributed by atoms with Crippen LogP contribution in [-0.2, 0) is 0 Å². The van der Waals surface area contributed by atoms with E-state index in [1.165, 1.54) is 15.7 Å². The molecule has 0 fully saturated rings. The van der Waals surface area contributed by atoms with Gasteiger partial charge < -0.3 is 4.40 Å². The zero-order valence-corrected chi connectivity index (χ0v) is 13.2. The number of nitrogens with zero attached hydrogens (tertiary/aromatic N) is 2. The Morgan fingerprint density at radius 1 is 0.955 bits per heavy atom. The normalized spacial score (nSPS) is 11.3. The molecule has 0 unspecified atom stereocenters. The van der Waals surface area contributed by atoms with Crippen LogP contribution < -0.4 is 0 Å². The number of aromatic nitrogens is 2. The first-order valence-corrected chi connectivity index (χ1v) is 8.43. The van der Waals surface area contributed by atoms with Crippen molar-refractivity contribution in [1.82, 2.24) is 9.38 Å². The zero-order valence-electron chi connectivity index (χ0n) is 12.4. The summed E-state index contributed by atoms with van der Waals surface area (Å²) < 4.78 is 2.11. The van der Waals surface area contributed by atoms with E-state index in [-0.39, 0.29) is 0 Å². The van der Waals surface area contributed by atoms with Crippen LogP contribution in [0.4, 0.5) is 0 Å². The third kappa shape index (κ3) is 2.38. The minimum Gasteiger partial charge on any atom is -0.305 e. The lowest BCUT2D eigenvalue weighted by Gasteiger charge is -2.00. The van der Waals surface area contributed by atoms with Gasteiger partial charge in [-0.15, -0.1) is 11.8 Å². The Balaban J connectivity index is 1.81. The fourth-order valence-electron chi connectivity index (χ4n) is 2.71. The maximum absolute atomic E-state index is 4.74. The topological polar surface area (TPSA) is 17.3 Å². The molecule has 0 aliphatic heterocycles. The van der Waals surface area contributed by atoms with E-state index in [0.717, 1.165) is 22.7 Å². The molecule has 0 bridgehead atoms. The Morgan fingerprint density at radius 2 is 1.82 bits per heavy atom. The fraction of sp³-hybridized carbons (Fsp3) is 0.105. The number of hydrogen-bond acceptors (Lipinski definition) is 2. The second-order valence-electron chi connectivity index (χ2n) is 5.25. The Bertz CT molecular complexity index is 956. The molecule has 0 amide bonds. The highest BCUT2D eigenvalue weighted by Crippen LogP contribution is 2.25. The third-order valence-corrected chi connectivity index (χ3v) is 4.64. The Morgan fingerprint density at radius 3 is 2.68 bits per heavy atom. The van der Waals surface area contributed by atoms with Crippen LogP contribution in [0.2, 0.25) is 0 Å². The summed E-state index contributed by atoms with van der Waals surface area (Å²) in [6, 6.07) is 19.2. The van der Waals surface area contributed by atoms with Gasteiger partial charge in [-0.2, -0.15) is 0 Å². The fourth-order valence-corrected chi connectivity index (χ4v) is 3.40. The Hall–Kier alpha value is -2.26. The van der Waals surface area contributed by atoms with Gasteiger partial charge in [-0.25, -0.2) is 4.98 Å². The molecule has 0 atom stereocenters. The van der Waals surface area contributed by atoms with E-state index in [1.807, 2.05) is 11.8 Å². The largest absolute Gasteiger partial charge is 0.305 e. The lowest BCUT2D eigenvalue weighted by Crippen LogP contribution is -1.83. The van der Waals surface area contributed by atoms with Crippen LogP contribution in [0.5, 0.6) is 0 Å². The number of benzene rings is 2. The molecule has 0 radical (unpaired) electrons. The van der Waals surface area contributed by atoms with Crippen molar-refractivity contribution in [3.8, 4) is 11.3 Å². The van der Waals surface area contributed by atoms with Crippen molar-refractivity contribution < 1.29 is 0 Å². The minimum atomic E-state index is 0.989. The standard InChI is InChI=1S/C19H16N2S/c1-2-22-17-9-10-19-20-18(13-21(19)12-17)16-8-7-14-5-3-4-6-15(14)11-16/h3-13H,2H2,1H3. The average Bonchev–Trinajstić information content (AvgIpc) is 2.98. The Labute approximate surface area is 133 Å². The first kappa shape index (κ1) is 13.4. The van der Waals surface area contributed by atoms with Crippen LogP contribution in [0.1, 0.15) is 6.92 Å². The maximum atomic E-state index is 4.74. The summed E-state index contributed by atoms with van der Waals surface area (Å²) in [5.41, 5.74) is 3.17. The molecule has 4 rings (SSSR count). The number of rotatable bonds is 3. The molecule has 0 aliphatic carbocycles. The lowest BCUT2D eigenvalue weighted by molar-refractivity contribution is 1.13. The number of imidazole rings is 1. The predicted octanol–water partition coefficient (Wildman–Crippen LogP) is 5.27. The van der Waals surface area contributed by atoms with Gasteiger partial charge in [0.1, 0.15) is 5.65 Å². The van der Waals surface area contributed by atoms with Gasteiger partial charge >= 0.3 is 0 Å². The zero-order chi connectivity index (χ0) is 14.9. The third-order valence-electron chi connectivity index (χ3n) is 3.78. The number of pyridine rings is 1. The van der Waals surface area contributed by atoms with Gasteiger partial charge in [0.25, 0.3) is 0 Å². The monoisotopic (exact) mass is 304 g/mol. The highest BCUT2D eigenvalue weighted by molar-refractivity contribution is 7.99. The maximum Gasteiger partial charge on any atom is 0.137 e. The van der Waals surface area contributed by atoms with Crippen molar-refractivity contribution in [1.29, 1.82) is 0 Å². The number of thioether (sulfide) groups is 1. The van der Waals surface area contributed by atoms with Crippen LogP contribution in [0.25, 0.3) is 27.7 Å². The molecule has 0 saturated carbocycles. The van der Waals surface area contributed by atoms with E-state index in [1.54, 1.807) is 0 Å². The van der Waals surface area contributed by atoms with E-state index in [4.69, 9.17) is 4.98 Å². The van der Waals surface area contributed by atoms with E-state index in [2.05, 4.69) is 78.3 Å². The SMILES string of the molecule is CCSc1ccc2nc(-c3ccc4ccccc4c3)cn2c1. The lowest BCUT2D eigenvalue weighted by atomic mass is 10.1. The summed E-state index contributed by atoms with van der Waals surface area (Å²) in [5, 5.41) is 2.51. The van der Waals surface area contributed by atoms with E-state index < -0.39 is 0 Å². The van der Waals surface area contributed by atoms with E-state index in [0.29, 0.717) is 0 Å². The molecule has 2 nitrogen and oxygen atoms in total. The molecule has 0 aliphatic rings. The van der Waals surface area contributed by atoms with Crippen LogP contribution in [0, 0.1) is 0 Å². The quantitative estimate of drug-likeness (QED) is 0.480. The van der Waals surface area contributed by atoms with Gasteiger partial charge in [0.2, 0.25) is 0 Å². The van der Waals surface area contributed by atoms with Crippen molar-refractivity contribution in [3.63, 3.8) is 0 Å². The highest BCUT2D eigenvalue weighted by Gasteiger charge is 2.06. The smallest absolute Gasteiger partial charge is 0.137 e. The van der Waals surface area contributed by atoms with Crippen LogP contribution in [-0.4, -0.2) is 15.1 Å². The van der Waals surface area contributed by atoms with Crippen molar-refractivity contribution >= 4 is 28.2 Å². The molecule has 108 valence electrons. The van der Waals surface area contributed by atoms with Crippen molar-refractivity contribution in [2.24, 2.45) is 0 Å². The second-order valence-corrected chi connectivity index (χ2v) is 6.59. The van der Waals surface area contributed by atoms with Crippen LogP contribution in [0.3, 0.4) is 0 Å². The van der Waals surface area contributed by atoms with Crippen molar-refractivity contribution in [2.75, 3.05) is 5.75 Å². The van der Waals surface area contributed by atoms with Gasteiger partial charge in [-0.05, 0) is 34.7 Å². The predicted molar refractivity (Wildman–Crippen MR) is 94.5 cm³/mol. The van der Waals surface area contributed by atoms with E-state index >= 15 is 0 Å². The highest BCUT2D eigenvalue weighted by atomic mass is 32.2. The number of hydrogen-bond donors (Lipinski definition) is 0. The summed E-state index contributed by atoms with van der Waals surface area (Å²) in [7, 11) is 0. The van der Waals surface area contributed by atoms with Gasteiger partial charge in [0.05, 0.1) is 5.69 Å². The van der Waals surface area contributed by atoms with E-state index in [9.17, 15) is 0 Å². The van der Waals surface area contributed by atoms with Crippen molar-refractivity contribution in [3.05, 3.63) is 67.0 Å². The molecular formula is C19H16N2S. The molecule has 22 heavy (non-hydrogen) atoms.